The fourth-order valence-corrected chi connectivity index (χ4v) is 3.34. The molecule has 0 fully saturated rings. The molecule has 1 unspecified atom stereocenters. The number of ether oxygens (including phenoxy) is 1. The molecule has 0 heterocycles. The van der Waals surface area contributed by atoms with E-state index in [1.165, 1.54) is 29.5 Å². The van der Waals surface area contributed by atoms with E-state index in [1.54, 1.807) is 12.1 Å². The van der Waals surface area contributed by atoms with Crippen LogP contribution in [-0.2, 0) is 17.6 Å². The molecule has 1 amide bonds. The van der Waals surface area contributed by atoms with Crippen molar-refractivity contribution in [3.05, 3.63) is 64.2 Å². The van der Waals surface area contributed by atoms with Crippen molar-refractivity contribution < 1.29 is 9.53 Å². The highest BCUT2D eigenvalue weighted by Crippen LogP contribution is 2.25. The number of amides is 1. The normalized spacial score (nSPS) is 14.0. The molecule has 2 aromatic carbocycles. The molecule has 0 spiro atoms. The van der Waals surface area contributed by atoms with Crippen LogP contribution in [0, 0.1) is 0 Å². The smallest absolute Gasteiger partial charge is 0.220 e. The molecule has 3 nitrogen and oxygen atoms in total. The van der Waals surface area contributed by atoms with Crippen LogP contribution >= 0.6 is 11.6 Å². The van der Waals surface area contributed by atoms with Crippen LogP contribution in [0.5, 0.6) is 5.75 Å². The third-order valence-electron chi connectivity index (χ3n) is 4.63. The molecule has 132 valence electrons. The maximum absolute atomic E-state index is 12.1. The molecule has 3 rings (SSSR count). The number of hydrogen-bond donors (Lipinski definition) is 1. The van der Waals surface area contributed by atoms with Gasteiger partial charge in [0.05, 0.1) is 12.6 Å². The maximum atomic E-state index is 12.1. The molecular formula is C21H24ClNO2. The minimum atomic E-state index is 0.0376. The standard InChI is InChI=1S/C21H24ClNO2/c1-15(17-8-7-16-4-2-5-18(16)14-17)23-21(24)6-3-13-25-20-11-9-19(22)10-12-20/h7-12,14-15H,2-6,13H2,1H3,(H,23,24). The van der Waals surface area contributed by atoms with Crippen LogP contribution < -0.4 is 10.1 Å². The highest BCUT2D eigenvalue weighted by molar-refractivity contribution is 6.30. The number of aryl methyl sites for hydroxylation is 2. The second kappa shape index (κ2) is 8.39. The van der Waals surface area contributed by atoms with Gasteiger partial charge >= 0.3 is 0 Å². The van der Waals surface area contributed by atoms with E-state index in [9.17, 15) is 4.79 Å². The summed E-state index contributed by atoms with van der Waals surface area (Å²) >= 11 is 5.84. The lowest BCUT2D eigenvalue weighted by molar-refractivity contribution is -0.121. The van der Waals surface area contributed by atoms with Gasteiger partial charge in [-0.25, -0.2) is 0 Å². The summed E-state index contributed by atoms with van der Waals surface area (Å²) in [6, 6.07) is 13.9. The number of rotatable bonds is 7. The van der Waals surface area contributed by atoms with Gasteiger partial charge in [-0.3, -0.25) is 4.79 Å². The molecule has 1 atom stereocenters. The highest BCUT2D eigenvalue weighted by Gasteiger charge is 2.14. The van der Waals surface area contributed by atoms with Gasteiger partial charge in [-0.15, -0.1) is 0 Å². The van der Waals surface area contributed by atoms with E-state index in [-0.39, 0.29) is 11.9 Å². The molecule has 1 N–H and O–H groups in total. The van der Waals surface area contributed by atoms with Crippen molar-refractivity contribution in [2.24, 2.45) is 0 Å². The predicted octanol–water partition coefficient (Wildman–Crippen LogP) is 4.87. The Morgan fingerprint density at radius 3 is 2.72 bits per heavy atom. The van der Waals surface area contributed by atoms with Gasteiger partial charge in [-0.05, 0) is 73.6 Å². The average Bonchev–Trinajstić information content (AvgIpc) is 3.08. The molecule has 1 aliphatic carbocycles. The van der Waals surface area contributed by atoms with Crippen LogP contribution in [-0.4, -0.2) is 12.5 Å². The Hall–Kier alpha value is -2.00. The summed E-state index contributed by atoms with van der Waals surface area (Å²) in [5, 5.41) is 3.77. The van der Waals surface area contributed by atoms with Gasteiger partial charge in [0.25, 0.3) is 0 Å². The van der Waals surface area contributed by atoms with E-state index in [4.69, 9.17) is 16.3 Å². The summed E-state index contributed by atoms with van der Waals surface area (Å²) in [6.45, 7) is 2.56. The molecular weight excluding hydrogens is 334 g/mol. The lowest BCUT2D eigenvalue weighted by Crippen LogP contribution is -2.26. The van der Waals surface area contributed by atoms with E-state index >= 15 is 0 Å². The lowest BCUT2D eigenvalue weighted by Gasteiger charge is -2.16. The van der Waals surface area contributed by atoms with Crippen molar-refractivity contribution in [3.8, 4) is 5.75 Å². The first kappa shape index (κ1) is 17.8. The van der Waals surface area contributed by atoms with Crippen molar-refractivity contribution in [1.82, 2.24) is 5.32 Å². The second-order valence-electron chi connectivity index (χ2n) is 6.58. The zero-order valence-electron chi connectivity index (χ0n) is 14.6. The van der Waals surface area contributed by atoms with Crippen molar-refractivity contribution in [1.29, 1.82) is 0 Å². The van der Waals surface area contributed by atoms with E-state index in [0.29, 0.717) is 24.5 Å². The summed E-state index contributed by atoms with van der Waals surface area (Å²) < 4.78 is 5.61. The number of carbonyl (C=O) groups excluding carboxylic acids is 1. The van der Waals surface area contributed by atoms with Gasteiger partial charge < -0.3 is 10.1 Å². The van der Waals surface area contributed by atoms with Crippen LogP contribution in [0.2, 0.25) is 5.02 Å². The third kappa shape index (κ3) is 4.99. The number of benzene rings is 2. The zero-order chi connectivity index (χ0) is 17.6. The Kier molecular flexibility index (Phi) is 5.98. The third-order valence-corrected chi connectivity index (χ3v) is 4.88. The topological polar surface area (TPSA) is 38.3 Å². The minimum Gasteiger partial charge on any atom is -0.494 e. The molecule has 0 aliphatic heterocycles. The number of fused-ring (bicyclic) bond motifs is 1. The Morgan fingerprint density at radius 2 is 1.92 bits per heavy atom. The fourth-order valence-electron chi connectivity index (χ4n) is 3.21. The number of halogens is 1. The molecule has 1 aliphatic rings. The molecule has 25 heavy (non-hydrogen) atoms. The SMILES string of the molecule is CC(NC(=O)CCCOc1ccc(Cl)cc1)c1ccc2c(c1)CCC2. The van der Waals surface area contributed by atoms with Gasteiger partial charge in [0.2, 0.25) is 5.91 Å². The van der Waals surface area contributed by atoms with Crippen molar-refractivity contribution in [2.75, 3.05) is 6.61 Å². The van der Waals surface area contributed by atoms with Gasteiger partial charge in [0.1, 0.15) is 5.75 Å². The average molecular weight is 358 g/mol. The summed E-state index contributed by atoms with van der Waals surface area (Å²) in [5.41, 5.74) is 4.09. The van der Waals surface area contributed by atoms with Crippen LogP contribution in [0.15, 0.2) is 42.5 Å². The van der Waals surface area contributed by atoms with E-state index in [1.807, 2.05) is 19.1 Å². The first-order chi connectivity index (χ1) is 12.1. The number of carbonyl (C=O) groups is 1. The van der Waals surface area contributed by atoms with Crippen LogP contribution in [0.1, 0.15) is 48.9 Å². The monoisotopic (exact) mass is 357 g/mol. The Bertz CT molecular complexity index is 727. The molecule has 0 bridgehead atoms. The van der Waals surface area contributed by atoms with Gasteiger partial charge in [0, 0.05) is 11.4 Å². The molecule has 2 aromatic rings. The van der Waals surface area contributed by atoms with E-state index in [0.717, 1.165) is 12.2 Å². The van der Waals surface area contributed by atoms with Crippen LogP contribution in [0.3, 0.4) is 0 Å². The molecule has 0 saturated carbocycles. The summed E-state index contributed by atoms with van der Waals surface area (Å²) in [7, 11) is 0. The maximum Gasteiger partial charge on any atom is 0.220 e. The van der Waals surface area contributed by atoms with E-state index < -0.39 is 0 Å². The molecule has 0 aromatic heterocycles. The van der Waals surface area contributed by atoms with Crippen LogP contribution in [0.4, 0.5) is 0 Å². The van der Waals surface area contributed by atoms with Gasteiger partial charge in [-0.1, -0.05) is 29.8 Å². The summed E-state index contributed by atoms with van der Waals surface area (Å²) in [4.78, 5) is 12.1. The summed E-state index contributed by atoms with van der Waals surface area (Å²) in [6.07, 6.45) is 4.73. The number of hydrogen-bond acceptors (Lipinski definition) is 2. The lowest BCUT2D eigenvalue weighted by atomic mass is 10.0. The van der Waals surface area contributed by atoms with Gasteiger partial charge in [-0.2, -0.15) is 0 Å². The Morgan fingerprint density at radius 1 is 1.16 bits per heavy atom. The Balaban J connectivity index is 1.40. The predicted molar refractivity (Wildman–Crippen MR) is 101 cm³/mol. The van der Waals surface area contributed by atoms with Crippen LogP contribution in [0.25, 0.3) is 0 Å². The second-order valence-corrected chi connectivity index (χ2v) is 7.01. The highest BCUT2D eigenvalue weighted by atomic mass is 35.5. The quantitative estimate of drug-likeness (QED) is 0.718. The van der Waals surface area contributed by atoms with Crippen molar-refractivity contribution in [2.45, 2.75) is 45.1 Å². The first-order valence-corrected chi connectivity index (χ1v) is 9.29. The number of nitrogens with one attached hydrogen (secondary N) is 1. The minimum absolute atomic E-state index is 0.0376. The largest absolute Gasteiger partial charge is 0.494 e. The molecule has 4 heteroatoms. The fraction of sp³-hybridized carbons (Fsp3) is 0.381. The van der Waals surface area contributed by atoms with Gasteiger partial charge in [0.15, 0.2) is 0 Å². The van der Waals surface area contributed by atoms with Crippen molar-refractivity contribution in [3.63, 3.8) is 0 Å². The molecule has 0 radical (unpaired) electrons. The zero-order valence-corrected chi connectivity index (χ0v) is 15.3. The summed E-state index contributed by atoms with van der Waals surface area (Å²) in [5.74, 6) is 0.837. The van der Waals surface area contributed by atoms with Crippen molar-refractivity contribution >= 4 is 17.5 Å². The Labute approximate surface area is 154 Å². The van der Waals surface area contributed by atoms with E-state index in [2.05, 4.69) is 23.5 Å². The molecule has 0 saturated heterocycles. The first-order valence-electron chi connectivity index (χ1n) is 8.91.